The zero-order valence-corrected chi connectivity index (χ0v) is 10.8. The Morgan fingerprint density at radius 3 is 2.71 bits per heavy atom. The van der Waals surface area contributed by atoms with Gasteiger partial charge in [-0.05, 0) is 43.0 Å². The molecule has 0 atom stereocenters. The summed E-state index contributed by atoms with van der Waals surface area (Å²) in [6.07, 6.45) is 9.02. The van der Waals surface area contributed by atoms with Crippen molar-refractivity contribution in [2.75, 3.05) is 0 Å². The third-order valence-electron chi connectivity index (χ3n) is 2.59. The van der Waals surface area contributed by atoms with Crippen LogP contribution in [-0.4, -0.2) is 5.11 Å². The predicted molar refractivity (Wildman–Crippen MR) is 71.4 cm³/mol. The van der Waals surface area contributed by atoms with E-state index >= 15 is 0 Å². The number of benzene rings is 1. The van der Waals surface area contributed by atoms with Crippen LogP contribution in [0, 0.1) is 0 Å². The molecule has 0 bridgehead atoms. The minimum Gasteiger partial charge on any atom is -0.504 e. The van der Waals surface area contributed by atoms with E-state index in [4.69, 9.17) is 4.74 Å². The molecule has 0 heterocycles. The highest BCUT2D eigenvalue weighted by atomic mass is 16.5. The van der Waals surface area contributed by atoms with E-state index in [-0.39, 0.29) is 5.75 Å². The molecule has 1 N–H and O–H groups in total. The number of aromatic hydroxyl groups is 1. The van der Waals surface area contributed by atoms with E-state index in [1.54, 1.807) is 12.3 Å². The van der Waals surface area contributed by atoms with Gasteiger partial charge in [0.1, 0.15) is 0 Å². The first-order chi connectivity index (χ1) is 8.27. The van der Waals surface area contributed by atoms with Gasteiger partial charge in [-0.3, -0.25) is 0 Å². The normalized spacial score (nSPS) is 10.9. The molecule has 0 aliphatic heterocycles. The Labute approximate surface area is 104 Å². The second-order valence-corrected chi connectivity index (χ2v) is 4.18. The quantitative estimate of drug-likeness (QED) is 0.707. The van der Waals surface area contributed by atoms with Gasteiger partial charge in [-0.25, -0.2) is 0 Å². The summed E-state index contributed by atoms with van der Waals surface area (Å²) in [6, 6.07) is 5.63. The molecule has 2 nitrogen and oxygen atoms in total. The summed E-state index contributed by atoms with van der Waals surface area (Å²) >= 11 is 0. The smallest absolute Gasteiger partial charge is 0.168 e. The van der Waals surface area contributed by atoms with Gasteiger partial charge in [-0.1, -0.05) is 32.8 Å². The number of ether oxygens (including phenoxy) is 1. The van der Waals surface area contributed by atoms with Crippen molar-refractivity contribution in [3.63, 3.8) is 0 Å². The zero-order valence-electron chi connectivity index (χ0n) is 10.8. The lowest BCUT2D eigenvalue weighted by Gasteiger charge is -2.06. The largest absolute Gasteiger partial charge is 0.504 e. The van der Waals surface area contributed by atoms with Gasteiger partial charge in [0.2, 0.25) is 0 Å². The fourth-order valence-electron chi connectivity index (χ4n) is 1.56. The maximum Gasteiger partial charge on any atom is 0.168 e. The van der Waals surface area contributed by atoms with E-state index in [1.807, 2.05) is 18.2 Å². The van der Waals surface area contributed by atoms with Crippen molar-refractivity contribution in [2.24, 2.45) is 0 Å². The number of rotatable bonds is 7. The predicted octanol–water partition coefficient (Wildman–Crippen LogP) is 4.43. The second kappa shape index (κ2) is 7.77. The van der Waals surface area contributed by atoms with Crippen LogP contribution in [0.15, 0.2) is 30.5 Å². The average Bonchev–Trinajstić information content (AvgIpc) is 2.34. The minimum absolute atomic E-state index is 0.222. The molecule has 0 amide bonds. The maximum atomic E-state index is 9.79. The zero-order chi connectivity index (χ0) is 12.5. The van der Waals surface area contributed by atoms with Gasteiger partial charge in [0.25, 0.3) is 0 Å². The van der Waals surface area contributed by atoms with Crippen LogP contribution in [0.4, 0.5) is 0 Å². The van der Waals surface area contributed by atoms with Crippen LogP contribution < -0.4 is 4.74 Å². The van der Waals surface area contributed by atoms with Crippen molar-refractivity contribution < 1.29 is 9.84 Å². The van der Waals surface area contributed by atoms with E-state index in [1.165, 1.54) is 6.42 Å². The van der Waals surface area contributed by atoms with E-state index in [0.717, 1.165) is 31.2 Å². The van der Waals surface area contributed by atoms with Gasteiger partial charge >= 0.3 is 0 Å². The first-order valence-corrected chi connectivity index (χ1v) is 6.41. The molecule has 0 radical (unpaired) electrons. The molecule has 0 spiro atoms. The number of phenolic OH excluding ortho intramolecular Hbond substituents is 1. The molecule has 1 rings (SSSR count). The number of unbranched alkanes of at least 4 members (excludes halogenated alkanes) is 2. The Bertz CT molecular complexity index is 356. The summed E-state index contributed by atoms with van der Waals surface area (Å²) in [5.41, 5.74) is 1.16. The number of aryl methyl sites for hydroxylation is 1. The van der Waals surface area contributed by atoms with E-state index < -0.39 is 0 Å². The fourth-order valence-corrected chi connectivity index (χ4v) is 1.56. The van der Waals surface area contributed by atoms with Crippen molar-refractivity contribution in [3.8, 4) is 11.5 Å². The fraction of sp³-hybridized carbons (Fsp3) is 0.467. The molecule has 1 aromatic carbocycles. The molecule has 17 heavy (non-hydrogen) atoms. The van der Waals surface area contributed by atoms with Gasteiger partial charge in [-0.2, -0.15) is 0 Å². The Balaban J connectivity index is 2.56. The van der Waals surface area contributed by atoms with Crippen molar-refractivity contribution in [1.29, 1.82) is 0 Å². The van der Waals surface area contributed by atoms with Crippen LogP contribution >= 0.6 is 0 Å². The number of hydrogen-bond acceptors (Lipinski definition) is 2. The molecular weight excluding hydrogens is 212 g/mol. The lowest BCUT2D eigenvalue weighted by Crippen LogP contribution is -1.87. The summed E-state index contributed by atoms with van der Waals surface area (Å²) in [7, 11) is 0. The van der Waals surface area contributed by atoms with Crippen molar-refractivity contribution in [1.82, 2.24) is 0 Å². The van der Waals surface area contributed by atoms with Crippen LogP contribution in [0.5, 0.6) is 11.5 Å². The summed E-state index contributed by atoms with van der Waals surface area (Å²) in [4.78, 5) is 0. The highest BCUT2D eigenvalue weighted by Gasteiger charge is 2.02. The molecular formula is C15H22O2. The van der Waals surface area contributed by atoms with Crippen LogP contribution in [0.25, 0.3) is 0 Å². The molecule has 1 aromatic rings. The Hall–Kier alpha value is -1.44. The van der Waals surface area contributed by atoms with Crippen LogP contribution in [-0.2, 0) is 6.42 Å². The van der Waals surface area contributed by atoms with Gasteiger partial charge in [-0.15, -0.1) is 0 Å². The molecule has 0 unspecified atom stereocenters. The van der Waals surface area contributed by atoms with Crippen LogP contribution in [0.2, 0.25) is 0 Å². The number of allylic oxidation sites excluding steroid dienone is 1. The lowest BCUT2D eigenvalue weighted by molar-refractivity contribution is 0.408. The summed E-state index contributed by atoms with van der Waals surface area (Å²) < 4.78 is 5.37. The topological polar surface area (TPSA) is 29.5 Å². The highest BCUT2D eigenvalue weighted by molar-refractivity contribution is 5.42. The molecule has 0 aliphatic carbocycles. The second-order valence-electron chi connectivity index (χ2n) is 4.18. The third kappa shape index (κ3) is 4.94. The number of phenols is 1. The van der Waals surface area contributed by atoms with Gasteiger partial charge in [0.15, 0.2) is 11.5 Å². The van der Waals surface area contributed by atoms with E-state index in [9.17, 15) is 5.11 Å². The lowest BCUT2D eigenvalue weighted by atomic mass is 10.1. The Morgan fingerprint density at radius 1 is 1.24 bits per heavy atom. The van der Waals surface area contributed by atoms with Gasteiger partial charge in [0, 0.05) is 0 Å². The summed E-state index contributed by atoms with van der Waals surface area (Å²) in [6.45, 7) is 4.28. The van der Waals surface area contributed by atoms with Crippen LogP contribution in [0.3, 0.4) is 0 Å². The first-order valence-electron chi connectivity index (χ1n) is 6.41. The van der Waals surface area contributed by atoms with E-state index in [0.29, 0.717) is 5.75 Å². The monoisotopic (exact) mass is 234 g/mol. The summed E-state index contributed by atoms with van der Waals surface area (Å²) in [5.74, 6) is 0.748. The highest BCUT2D eigenvalue weighted by Crippen LogP contribution is 2.27. The maximum absolute atomic E-state index is 9.79. The van der Waals surface area contributed by atoms with Crippen molar-refractivity contribution in [2.45, 2.75) is 46.0 Å². The van der Waals surface area contributed by atoms with Gasteiger partial charge in [0.05, 0.1) is 6.26 Å². The molecule has 94 valence electrons. The van der Waals surface area contributed by atoms with E-state index in [2.05, 4.69) is 13.8 Å². The standard InChI is InChI=1S/C15H22O2/c1-3-5-7-11-17-15-10-9-13(8-6-4-2)12-14(15)16/h7,9-12,16H,3-6,8H2,1-2H3. The SMILES string of the molecule is CCCC=COc1ccc(CCCC)cc1O. The Morgan fingerprint density at radius 2 is 2.06 bits per heavy atom. The number of hydrogen-bond donors (Lipinski definition) is 1. The molecule has 0 aliphatic rings. The third-order valence-corrected chi connectivity index (χ3v) is 2.59. The molecule has 0 aromatic heterocycles. The summed E-state index contributed by atoms with van der Waals surface area (Å²) in [5, 5.41) is 9.79. The molecule has 0 saturated heterocycles. The Kier molecular flexibility index (Phi) is 6.23. The first kappa shape index (κ1) is 13.6. The average molecular weight is 234 g/mol. The van der Waals surface area contributed by atoms with Crippen LogP contribution in [0.1, 0.15) is 45.1 Å². The van der Waals surface area contributed by atoms with Crippen molar-refractivity contribution in [3.05, 3.63) is 36.1 Å². The molecule has 0 saturated carbocycles. The van der Waals surface area contributed by atoms with Crippen molar-refractivity contribution >= 4 is 0 Å². The van der Waals surface area contributed by atoms with Gasteiger partial charge < -0.3 is 9.84 Å². The minimum atomic E-state index is 0.222. The molecule has 2 heteroatoms. The molecule has 0 fully saturated rings.